The third-order valence-corrected chi connectivity index (χ3v) is 3.96. The van der Waals surface area contributed by atoms with E-state index in [1.165, 1.54) is 17.7 Å². The molecule has 0 saturated heterocycles. The van der Waals surface area contributed by atoms with Crippen LogP contribution in [0.4, 0.5) is 0 Å². The molecular weight excluding hydrogens is 242 g/mol. The van der Waals surface area contributed by atoms with Gasteiger partial charge in [0.15, 0.2) is 0 Å². The first-order valence-electron chi connectivity index (χ1n) is 6.61. The zero-order valence-corrected chi connectivity index (χ0v) is 12.0. The zero-order chi connectivity index (χ0) is 13.0. The lowest BCUT2D eigenvalue weighted by Crippen LogP contribution is -2.29. The van der Waals surface area contributed by atoms with E-state index in [0.29, 0.717) is 5.92 Å². The quantitative estimate of drug-likeness (QED) is 0.826. The van der Waals surface area contributed by atoms with Crippen molar-refractivity contribution in [2.75, 3.05) is 13.2 Å². The molecule has 1 saturated carbocycles. The lowest BCUT2D eigenvalue weighted by atomic mass is 10.2. The molecule has 0 amide bonds. The molecule has 18 heavy (non-hydrogen) atoms. The number of hydrogen-bond acceptors (Lipinski definition) is 3. The van der Waals surface area contributed by atoms with Crippen molar-refractivity contribution in [3.63, 3.8) is 0 Å². The van der Waals surface area contributed by atoms with E-state index < -0.39 is 0 Å². The fourth-order valence-electron chi connectivity index (χ4n) is 2.15. The van der Waals surface area contributed by atoms with Gasteiger partial charge in [-0.25, -0.2) is 0 Å². The van der Waals surface area contributed by atoms with E-state index >= 15 is 0 Å². The van der Waals surface area contributed by atoms with Crippen LogP contribution in [0.3, 0.4) is 0 Å². The molecule has 1 aliphatic rings. The summed E-state index contributed by atoms with van der Waals surface area (Å²) in [7, 11) is 0. The molecule has 1 aromatic rings. The number of aliphatic hydroxyl groups is 1. The summed E-state index contributed by atoms with van der Waals surface area (Å²) in [6, 6.07) is 2.84. The monoisotopic (exact) mass is 263 g/mol. The molecule has 0 atom stereocenters. The molecule has 98 valence electrons. The highest BCUT2D eigenvalue weighted by atomic mass is 32.1. The van der Waals surface area contributed by atoms with Crippen molar-refractivity contribution in [3.8, 4) is 11.8 Å². The van der Waals surface area contributed by atoms with E-state index in [0.717, 1.165) is 24.7 Å². The number of thiophene rings is 1. The van der Waals surface area contributed by atoms with Gasteiger partial charge >= 0.3 is 0 Å². The van der Waals surface area contributed by atoms with Crippen LogP contribution in [0.15, 0.2) is 11.4 Å². The third kappa shape index (κ3) is 3.84. The summed E-state index contributed by atoms with van der Waals surface area (Å²) < 4.78 is 0. The molecule has 0 aliphatic heterocycles. The van der Waals surface area contributed by atoms with Crippen molar-refractivity contribution >= 4 is 11.3 Å². The lowest BCUT2D eigenvalue weighted by molar-refractivity contribution is 0.228. The molecular formula is C15H21NOS. The summed E-state index contributed by atoms with van der Waals surface area (Å²) >= 11 is 1.77. The molecule has 0 spiro atoms. The Morgan fingerprint density at radius 2 is 2.28 bits per heavy atom. The summed E-state index contributed by atoms with van der Waals surface area (Å²) in [6.07, 6.45) is 2.69. The van der Waals surface area contributed by atoms with Crippen molar-refractivity contribution < 1.29 is 5.11 Å². The smallest absolute Gasteiger partial charge is 0.104 e. The van der Waals surface area contributed by atoms with Crippen molar-refractivity contribution in [2.24, 2.45) is 5.92 Å². The molecule has 2 nitrogen and oxygen atoms in total. The van der Waals surface area contributed by atoms with Crippen LogP contribution in [0.5, 0.6) is 0 Å². The first-order valence-corrected chi connectivity index (χ1v) is 7.48. The standard InChI is InChI=1S/C15H21NOS/c1-12(2)10-16(14-5-6-14)11-15-13(4-3-8-17)7-9-18-15/h7,9,12,14,17H,5-6,8,10-11H2,1-2H3. The van der Waals surface area contributed by atoms with Crippen LogP contribution in [-0.4, -0.2) is 29.2 Å². The maximum atomic E-state index is 8.77. The Hall–Kier alpha value is -0.820. The normalized spacial score (nSPS) is 14.9. The molecule has 0 bridgehead atoms. The molecule has 1 fully saturated rings. The molecule has 0 aromatic carbocycles. The number of rotatable bonds is 5. The van der Waals surface area contributed by atoms with E-state index in [1.807, 2.05) is 0 Å². The predicted octanol–water partition coefficient (Wildman–Crippen LogP) is 2.71. The zero-order valence-electron chi connectivity index (χ0n) is 11.1. The Morgan fingerprint density at radius 3 is 2.89 bits per heavy atom. The topological polar surface area (TPSA) is 23.5 Å². The van der Waals surface area contributed by atoms with Gasteiger partial charge in [0.1, 0.15) is 6.61 Å². The van der Waals surface area contributed by atoms with E-state index in [-0.39, 0.29) is 6.61 Å². The van der Waals surface area contributed by atoms with Gasteiger partial charge in [-0.2, -0.15) is 0 Å². The van der Waals surface area contributed by atoms with Crippen LogP contribution >= 0.6 is 11.3 Å². The van der Waals surface area contributed by atoms with Crippen LogP contribution in [0.2, 0.25) is 0 Å². The largest absolute Gasteiger partial charge is 0.384 e. The Labute approximate surface area is 114 Å². The molecule has 1 N–H and O–H groups in total. The maximum absolute atomic E-state index is 8.77. The summed E-state index contributed by atoms with van der Waals surface area (Å²) in [5.74, 6) is 6.49. The van der Waals surface area contributed by atoms with E-state index in [2.05, 4.69) is 42.0 Å². The van der Waals surface area contributed by atoms with E-state index in [1.54, 1.807) is 11.3 Å². The van der Waals surface area contributed by atoms with Gasteiger partial charge in [0, 0.05) is 29.6 Å². The first kappa shape index (κ1) is 13.6. The second-order valence-corrected chi connectivity index (χ2v) is 6.27. The molecule has 3 heteroatoms. The molecule has 0 radical (unpaired) electrons. The third-order valence-electron chi connectivity index (χ3n) is 3.06. The second-order valence-electron chi connectivity index (χ2n) is 5.27. The van der Waals surface area contributed by atoms with Gasteiger partial charge in [-0.1, -0.05) is 25.7 Å². The van der Waals surface area contributed by atoms with Crippen LogP contribution in [0.1, 0.15) is 37.1 Å². The van der Waals surface area contributed by atoms with Crippen molar-refractivity contribution in [1.29, 1.82) is 0 Å². The van der Waals surface area contributed by atoms with Crippen molar-refractivity contribution in [2.45, 2.75) is 39.3 Å². The van der Waals surface area contributed by atoms with E-state index in [4.69, 9.17) is 5.11 Å². The average Bonchev–Trinajstić information content (AvgIpc) is 3.08. The van der Waals surface area contributed by atoms with Gasteiger partial charge < -0.3 is 5.11 Å². The van der Waals surface area contributed by atoms with Gasteiger partial charge in [-0.3, -0.25) is 4.90 Å². The summed E-state index contributed by atoms with van der Waals surface area (Å²) in [5.41, 5.74) is 1.09. The highest BCUT2D eigenvalue weighted by Crippen LogP contribution is 2.30. The fraction of sp³-hybridized carbons (Fsp3) is 0.600. The van der Waals surface area contributed by atoms with Gasteiger partial charge in [0.2, 0.25) is 0 Å². The Bertz CT molecular complexity index is 437. The number of aliphatic hydroxyl groups excluding tert-OH is 1. The molecule has 1 aromatic heterocycles. The SMILES string of the molecule is CC(C)CN(Cc1sccc1C#CCO)C1CC1. The summed E-state index contributed by atoms with van der Waals surface area (Å²) in [4.78, 5) is 3.92. The lowest BCUT2D eigenvalue weighted by Gasteiger charge is -2.23. The Kier molecular flexibility index (Phi) is 4.82. The summed E-state index contributed by atoms with van der Waals surface area (Å²) in [6.45, 7) is 6.66. The van der Waals surface area contributed by atoms with Crippen LogP contribution in [0.25, 0.3) is 0 Å². The van der Waals surface area contributed by atoms with Crippen molar-refractivity contribution in [1.82, 2.24) is 4.90 Å². The van der Waals surface area contributed by atoms with Gasteiger partial charge in [0.25, 0.3) is 0 Å². The maximum Gasteiger partial charge on any atom is 0.104 e. The molecule has 1 heterocycles. The number of nitrogens with zero attached hydrogens (tertiary/aromatic N) is 1. The van der Waals surface area contributed by atoms with Crippen LogP contribution in [-0.2, 0) is 6.54 Å². The highest BCUT2D eigenvalue weighted by Gasteiger charge is 2.29. The second kappa shape index (κ2) is 6.38. The highest BCUT2D eigenvalue weighted by molar-refractivity contribution is 7.10. The predicted molar refractivity (Wildman–Crippen MR) is 76.6 cm³/mol. The first-order chi connectivity index (χ1) is 8.70. The van der Waals surface area contributed by atoms with Crippen molar-refractivity contribution in [3.05, 3.63) is 21.9 Å². The van der Waals surface area contributed by atoms with Crippen LogP contribution in [0, 0.1) is 17.8 Å². The minimum atomic E-state index is -0.0619. The molecule has 2 rings (SSSR count). The summed E-state index contributed by atoms with van der Waals surface area (Å²) in [5, 5.41) is 10.9. The molecule has 0 unspecified atom stereocenters. The van der Waals surface area contributed by atoms with Gasteiger partial charge in [-0.05, 0) is 30.2 Å². The molecule has 1 aliphatic carbocycles. The Balaban J connectivity index is 2.04. The number of hydrogen-bond donors (Lipinski definition) is 1. The van der Waals surface area contributed by atoms with E-state index in [9.17, 15) is 0 Å². The fourth-order valence-corrected chi connectivity index (χ4v) is 3.00. The van der Waals surface area contributed by atoms with Crippen LogP contribution < -0.4 is 0 Å². The Morgan fingerprint density at radius 1 is 1.50 bits per heavy atom. The minimum Gasteiger partial charge on any atom is -0.384 e. The minimum absolute atomic E-state index is 0.0619. The average molecular weight is 263 g/mol. The van der Waals surface area contributed by atoms with Gasteiger partial charge in [-0.15, -0.1) is 11.3 Å². The van der Waals surface area contributed by atoms with Gasteiger partial charge in [0.05, 0.1) is 0 Å².